The van der Waals surface area contributed by atoms with Gasteiger partial charge in [0.25, 0.3) is 17.7 Å². The van der Waals surface area contributed by atoms with E-state index in [1.807, 2.05) is 0 Å². The summed E-state index contributed by atoms with van der Waals surface area (Å²) in [4.78, 5) is 70.7. The minimum atomic E-state index is -1.32. The number of rotatable bonds is 11. The van der Waals surface area contributed by atoms with Crippen LogP contribution >= 0.6 is 0 Å². The van der Waals surface area contributed by atoms with Crippen LogP contribution in [-0.4, -0.2) is 85.9 Å². The van der Waals surface area contributed by atoms with Gasteiger partial charge in [-0.15, -0.1) is 5.10 Å². The highest BCUT2D eigenvalue weighted by molar-refractivity contribution is 6.41. The van der Waals surface area contributed by atoms with Gasteiger partial charge in [-0.05, 0) is 45.2 Å². The predicted molar refractivity (Wildman–Crippen MR) is 162 cm³/mol. The van der Waals surface area contributed by atoms with Crippen LogP contribution < -0.4 is 15.8 Å². The molecule has 4 N–H and O–H groups in total. The van der Waals surface area contributed by atoms with E-state index in [4.69, 9.17) is 10.5 Å². The number of nitrogens with two attached hydrogens (primary N) is 1. The Kier molecular flexibility index (Phi) is 10.5. The zero-order chi connectivity index (χ0) is 32.9. The molecule has 0 bridgehead atoms. The van der Waals surface area contributed by atoms with Gasteiger partial charge in [0.05, 0.1) is 36.6 Å². The molecule has 4 rings (SSSR count). The van der Waals surface area contributed by atoms with E-state index >= 15 is 0 Å². The molecule has 2 aliphatic rings. The van der Waals surface area contributed by atoms with Crippen molar-refractivity contribution in [2.24, 2.45) is 16.6 Å². The molecule has 14 nitrogen and oxygen atoms in total. The minimum Gasteiger partial charge on any atom is -0.496 e. The van der Waals surface area contributed by atoms with Crippen LogP contribution in [0, 0.1) is 5.92 Å². The van der Waals surface area contributed by atoms with Crippen molar-refractivity contribution in [1.82, 2.24) is 25.2 Å². The van der Waals surface area contributed by atoms with Gasteiger partial charge in [0.15, 0.2) is 0 Å². The van der Waals surface area contributed by atoms with Gasteiger partial charge >= 0.3 is 0 Å². The number of nitrogens with one attached hydrogen (secondary N) is 1. The Morgan fingerprint density at radius 1 is 1.16 bits per heavy atom. The quantitative estimate of drug-likeness (QED) is 0.245. The van der Waals surface area contributed by atoms with Crippen LogP contribution in [0.3, 0.4) is 0 Å². The summed E-state index contributed by atoms with van der Waals surface area (Å²) in [6.45, 7) is 4.45. The fourth-order valence-corrected chi connectivity index (χ4v) is 6.02. The van der Waals surface area contributed by atoms with Crippen molar-refractivity contribution < 1.29 is 33.8 Å². The number of ketones is 1. The smallest absolute Gasteiger partial charge is 0.287 e. The van der Waals surface area contributed by atoms with Crippen LogP contribution in [0.2, 0.25) is 0 Å². The molecule has 0 radical (unpaired) electrons. The summed E-state index contributed by atoms with van der Waals surface area (Å²) in [5.41, 5.74) is 4.38. The summed E-state index contributed by atoms with van der Waals surface area (Å²) in [7, 11) is 1.44. The lowest BCUT2D eigenvalue weighted by Gasteiger charge is -2.27. The number of amides is 4. The van der Waals surface area contributed by atoms with E-state index in [0.717, 1.165) is 32.1 Å². The second kappa shape index (κ2) is 14.1. The number of para-hydroxylation sites is 1. The average molecular weight is 624 g/mol. The largest absolute Gasteiger partial charge is 0.496 e. The Labute approximate surface area is 261 Å². The monoisotopic (exact) mass is 623 g/mol. The highest BCUT2D eigenvalue weighted by atomic mass is 16.5. The standard InChI is InChI=1S/C31H41N7O7/c1-18(26(39)27(32)40)34-29(42)23-15-20(38-25(16-33-36-38)31(2,3)44)17-37(23)30(43)22(14-19-10-6-5-7-11-19)35-28(41)21-12-8-9-13-24(21)45-4/h8-9,12-13,16,18-20,23,44H,5-7,10-11,14-15,17H2,1-4H3,(H2,32,40)(H,34,42)/b35-22+/t18?,20-,23-/m0/s1. The van der Waals surface area contributed by atoms with E-state index in [0.29, 0.717) is 11.4 Å². The van der Waals surface area contributed by atoms with Crippen molar-refractivity contribution in [3.63, 3.8) is 0 Å². The second-order valence-electron chi connectivity index (χ2n) is 12.2. The van der Waals surface area contributed by atoms with Crippen molar-refractivity contribution in [3.8, 4) is 5.75 Å². The predicted octanol–water partition coefficient (Wildman–Crippen LogP) is 1.47. The molecule has 2 heterocycles. The van der Waals surface area contributed by atoms with Crippen LogP contribution in [0.5, 0.6) is 5.75 Å². The number of Topliss-reactive ketones (excluding diaryl/α,β-unsaturated/α-hetero) is 1. The molecule has 1 aromatic carbocycles. The number of carbonyl (C=O) groups excluding carboxylic acids is 5. The Morgan fingerprint density at radius 2 is 1.84 bits per heavy atom. The number of nitrogens with zero attached hydrogens (tertiary/aromatic N) is 5. The van der Waals surface area contributed by atoms with Crippen LogP contribution in [-0.2, 0) is 24.8 Å². The maximum atomic E-state index is 14.4. The fourth-order valence-electron chi connectivity index (χ4n) is 6.02. The third-order valence-electron chi connectivity index (χ3n) is 8.41. The lowest BCUT2D eigenvalue weighted by atomic mass is 9.85. The fraction of sp³-hybridized carbons (Fsp3) is 0.548. The van der Waals surface area contributed by atoms with E-state index in [1.165, 1.54) is 29.8 Å². The third-order valence-corrected chi connectivity index (χ3v) is 8.41. The lowest BCUT2D eigenvalue weighted by molar-refractivity contribution is -0.139. The number of hydrogen-bond donors (Lipinski definition) is 3. The number of benzene rings is 1. The number of hydrogen-bond acceptors (Lipinski definition) is 9. The Hall–Kier alpha value is -4.46. The molecule has 1 aliphatic heterocycles. The number of ether oxygens (including phenoxy) is 1. The van der Waals surface area contributed by atoms with Crippen molar-refractivity contribution >= 4 is 35.1 Å². The molecule has 1 aromatic heterocycles. The summed E-state index contributed by atoms with van der Waals surface area (Å²) in [6.07, 6.45) is 6.56. The lowest BCUT2D eigenvalue weighted by Crippen LogP contribution is -2.52. The molecule has 2 fully saturated rings. The summed E-state index contributed by atoms with van der Waals surface area (Å²) >= 11 is 0. The SMILES string of the molecule is COc1ccccc1C(=O)/N=C(\CC1CCCCC1)C(=O)N1C[C@@H](n2nncc2C(C)(C)O)C[C@H]1C(=O)NC(C)C(=O)C(N)=O. The maximum Gasteiger partial charge on any atom is 0.287 e. The molecule has 1 unspecified atom stereocenters. The van der Waals surface area contributed by atoms with Gasteiger partial charge in [0.2, 0.25) is 11.7 Å². The summed E-state index contributed by atoms with van der Waals surface area (Å²) in [5, 5.41) is 21.3. The van der Waals surface area contributed by atoms with Gasteiger partial charge in [0, 0.05) is 13.0 Å². The molecule has 3 atom stereocenters. The van der Waals surface area contributed by atoms with Crippen LogP contribution in [0.15, 0.2) is 35.5 Å². The minimum absolute atomic E-state index is 0.0128. The van der Waals surface area contributed by atoms with Gasteiger partial charge in [-0.1, -0.05) is 49.5 Å². The van der Waals surface area contributed by atoms with Crippen LogP contribution in [0.25, 0.3) is 0 Å². The van der Waals surface area contributed by atoms with Crippen molar-refractivity contribution in [2.75, 3.05) is 13.7 Å². The first kappa shape index (κ1) is 33.4. The third kappa shape index (κ3) is 7.80. The molecule has 0 spiro atoms. The van der Waals surface area contributed by atoms with Crippen molar-refractivity contribution in [1.29, 1.82) is 0 Å². The topological polar surface area (TPSA) is 199 Å². The zero-order valence-electron chi connectivity index (χ0n) is 26.1. The van der Waals surface area contributed by atoms with Gasteiger partial charge in [-0.2, -0.15) is 0 Å². The maximum absolute atomic E-state index is 14.4. The van der Waals surface area contributed by atoms with E-state index < -0.39 is 53.1 Å². The molecular formula is C31H41N7O7. The van der Waals surface area contributed by atoms with Gasteiger partial charge in [-0.25, -0.2) is 9.67 Å². The highest BCUT2D eigenvalue weighted by Crippen LogP contribution is 2.33. The second-order valence-corrected chi connectivity index (χ2v) is 12.2. The average Bonchev–Trinajstić information content (AvgIpc) is 3.68. The van der Waals surface area contributed by atoms with E-state index in [-0.39, 0.29) is 36.6 Å². The first-order chi connectivity index (χ1) is 21.3. The number of methoxy groups -OCH3 is 1. The number of aromatic nitrogens is 3. The molecule has 242 valence electrons. The van der Waals surface area contributed by atoms with E-state index in [2.05, 4.69) is 20.6 Å². The summed E-state index contributed by atoms with van der Waals surface area (Å²) in [5.74, 6) is -3.69. The molecular weight excluding hydrogens is 582 g/mol. The molecule has 14 heteroatoms. The molecule has 1 aliphatic carbocycles. The summed E-state index contributed by atoms with van der Waals surface area (Å²) < 4.78 is 6.81. The summed E-state index contributed by atoms with van der Waals surface area (Å²) in [6, 6.07) is 3.65. The Bertz CT molecular complexity index is 1470. The number of aliphatic imine (C=N–C) groups is 1. The number of carbonyl (C=O) groups is 5. The first-order valence-electron chi connectivity index (χ1n) is 15.1. The van der Waals surface area contributed by atoms with Crippen molar-refractivity contribution in [2.45, 2.75) is 89.4 Å². The van der Waals surface area contributed by atoms with Crippen LogP contribution in [0.1, 0.15) is 87.8 Å². The first-order valence-corrected chi connectivity index (χ1v) is 15.1. The molecule has 1 saturated heterocycles. The van der Waals surface area contributed by atoms with Gasteiger partial charge in [0.1, 0.15) is 23.1 Å². The number of aliphatic hydroxyl groups is 1. The molecule has 45 heavy (non-hydrogen) atoms. The number of likely N-dealkylation sites (tertiary alicyclic amines) is 1. The normalized spacial score (nSPS) is 20.0. The van der Waals surface area contributed by atoms with Gasteiger partial charge in [-0.3, -0.25) is 24.0 Å². The highest BCUT2D eigenvalue weighted by Gasteiger charge is 2.44. The van der Waals surface area contributed by atoms with E-state index in [9.17, 15) is 29.1 Å². The number of primary amides is 1. The zero-order valence-corrected chi connectivity index (χ0v) is 26.1. The van der Waals surface area contributed by atoms with Gasteiger partial charge < -0.3 is 25.8 Å². The van der Waals surface area contributed by atoms with E-state index in [1.54, 1.807) is 38.1 Å². The Morgan fingerprint density at radius 3 is 2.49 bits per heavy atom. The van der Waals surface area contributed by atoms with Crippen molar-refractivity contribution in [3.05, 3.63) is 41.7 Å². The van der Waals surface area contributed by atoms with Crippen LogP contribution in [0.4, 0.5) is 0 Å². The molecule has 2 aromatic rings. The Balaban J connectivity index is 1.72. The molecule has 1 saturated carbocycles. The molecule has 4 amide bonds.